The summed E-state index contributed by atoms with van der Waals surface area (Å²) in [6, 6.07) is 11.5. The first kappa shape index (κ1) is 17.0. The van der Waals surface area contributed by atoms with Crippen LogP contribution in [-0.4, -0.2) is 20.7 Å². The summed E-state index contributed by atoms with van der Waals surface area (Å²) in [4.78, 5) is 17.0. The van der Waals surface area contributed by atoms with Gasteiger partial charge in [-0.05, 0) is 36.8 Å². The summed E-state index contributed by atoms with van der Waals surface area (Å²) in [5, 5.41) is 8.10. The summed E-state index contributed by atoms with van der Waals surface area (Å²) in [6.45, 7) is 1.84. The van der Waals surface area contributed by atoms with Crippen molar-refractivity contribution in [3.8, 4) is 5.13 Å². The predicted molar refractivity (Wildman–Crippen MR) is 103 cm³/mol. The van der Waals surface area contributed by atoms with Crippen LogP contribution < -0.4 is 5.32 Å². The van der Waals surface area contributed by atoms with Crippen LogP contribution in [0.15, 0.2) is 42.5 Å². The first-order chi connectivity index (χ1) is 13.5. The molecule has 0 radical (unpaired) electrons. The van der Waals surface area contributed by atoms with Crippen molar-refractivity contribution in [1.29, 1.82) is 0 Å². The van der Waals surface area contributed by atoms with Gasteiger partial charge in [0.2, 0.25) is 11.0 Å². The van der Waals surface area contributed by atoms with Gasteiger partial charge in [-0.1, -0.05) is 29.5 Å². The number of nitrogens with one attached hydrogen (secondary N) is 1. The number of thiazole rings is 1. The van der Waals surface area contributed by atoms with Gasteiger partial charge in [-0.3, -0.25) is 4.79 Å². The van der Waals surface area contributed by atoms with E-state index in [9.17, 15) is 13.6 Å². The van der Waals surface area contributed by atoms with Crippen molar-refractivity contribution in [2.75, 3.05) is 5.32 Å². The van der Waals surface area contributed by atoms with E-state index >= 15 is 0 Å². The maximum absolute atomic E-state index is 13.8. The van der Waals surface area contributed by atoms with Crippen LogP contribution in [0.2, 0.25) is 0 Å². The van der Waals surface area contributed by atoms with E-state index in [2.05, 4.69) is 15.4 Å². The first-order valence-electron chi connectivity index (χ1n) is 8.71. The predicted octanol–water partition coefficient (Wildman–Crippen LogP) is 4.54. The highest BCUT2D eigenvalue weighted by Crippen LogP contribution is 2.41. The number of rotatable bonds is 2. The number of hydrogen-bond donors (Lipinski definition) is 1. The van der Waals surface area contributed by atoms with Crippen LogP contribution in [0.5, 0.6) is 0 Å². The van der Waals surface area contributed by atoms with Crippen molar-refractivity contribution in [2.24, 2.45) is 0 Å². The van der Waals surface area contributed by atoms with E-state index in [4.69, 9.17) is 0 Å². The fourth-order valence-corrected chi connectivity index (χ4v) is 4.57. The van der Waals surface area contributed by atoms with Crippen LogP contribution in [0.4, 0.5) is 14.6 Å². The summed E-state index contributed by atoms with van der Waals surface area (Å²) in [5.74, 6) is -1.92. The van der Waals surface area contributed by atoms with Crippen molar-refractivity contribution >= 4 is 33.3 Å². The molecule has 5 nitrogen and oxygen atoms in total. The Hall–Kier alpha value is -3.13. The molecule has 0 saturated carbocycles. The van der Waals surface area contributed by atoms with Crippen LogP contribution in [0, 0.1) is 18.6 Å². The zero-order valence-corrected chi connectivity index (χ0v) is 15.6. The average molecular weight is 396 g/mol. The molecule has 5 rings (SSSR count). The number of amides is 1. The number of nitrogens with zero attached hydrogens (tertiary/aromatic N) is 3. The molecule has 0 aliphatic carbocycles. The normalized spacial score (nSPS) is 16.2. The highest BCUT2D eigenvalue weighted by atomic mass is 32.1. The third kappa shape index (κ3) is 2.60. The Kier molecular flexibility index (Phi) is 3.77. The number of aromatic nitrogens is 3. The summed E-state index contributed by atoms with van der Waals surface area (Å²) in [7, 11) is 0. The number of anilines is 1. The van der Waals surface area contributed by atoms with Gasteiger partial charge in [-0.25, -0.2) is 13.8 Å². The van der Waals surface area contributed by atoms with Gasteiger partial charge in [0.1, 0.15) is 5.82 Å². The number of carbonyl (C=O) groups is 1. The Bertz CT molecular complexity index is 1210. The number of hydrogen-bond acceptors (Lipinski definition) is 4. The molecule has 0 spiro atoms. The van der Waals surface area contributed by atoms with E-state index in [0.29, 0.717) is 22.2 Å². The van der Waals surface area contributed by atoms with Crippen LogP contribution in [-0.2, 0) is 4.79 Å². The molecule has 4 aromatic rings. The summed E-state index contributed by atoms with van der Waals surface area (Å²) >= 11 is 1.47. The molecule has 2 aromatic heterocycles. The molecule has 28 heavy (non-hydrogen) atoms. The first-order valence-corrected chi connectivity index (χ1v) is 9.53. The number of halogens is 2. The van der Waals surface area contributed by atoms with Gasteiger partial charge < -0.3 is 5.32 Å². The van der Waals surface area contributed by atoms with Gasteiger partial charge in [0.15, 0.2) is 11.6 Å². The summed E-state index contributed by atoms with van der Waals surface area (Å²) in [6.07, 6.45) is 0.143. The molecular formula is C20H14F2N4OS. The number of para-hydroxylation sites is 1. The minimum atomic E-state index is -0.929. The van der Waals surface area contributed by atoms with Crippen LogP contribution in [0.25, 0.3) is 15.3 Å². The van der Waals surface area contributed by atoms with Gasteiger partial charge >= 0.3 is 0 Å². The molecule has 140 valence electrons. The molecule has 2 aromatic carbocycles. The van der Waals surface area contributed by atoms with Crippen molar-refractivity contribution in [2.45, 2.75) is 19.3 Å². The maximum atomic E-state index is 13.8. The van der Waals surface area contributed by atoms with Crippen molar-refractivity contribution in [3.63, 3.8) is 0 Å². The highest BCUT2D eigenvalue weighted by molar-refractivity contribution is 7.20. The van der Waals surface area contributed by atoms with E-state index < -0.39 is 17.6 Å². The monoisotopic (exact) mass is 396 g/mol. The van der Waals surface area contributed by atoms with Crippen LogP contribution in [0.3, 0.4) is 0 Å². The number of aryl methyl sites for hydroxylation is 1. The van der Waals surface area contributed by atoms with Crippen LogP contribution in [0.1, 0.15) is 29.2 Å². The van der Waals surface area contributed by atoms with E-state index in [-0.39, 0.29) is 12.3 Å². The Morgan fingerprint density at radius 1 is 1.18 bits per heavy atom. The second kappa shape index (κ2) is 6.20. The van der Waals surface area contributed by atoms with E-state index in [1.807, 2.05) is 31.2 Å². The molecule has 3 heterocycles. The molecule has 0 fully saturated rings. The summed E-state index contributed by atoms with van der Waals surface area (Å²) in [5.41, 5.74) is 2.90. The second-order valence-corrected chi connectivity index (χ2v) is 7.71. The fourth-order valence-electron chi connectivity index (χ4n) is 3.65. The third-order valence-corrected chi connectivity index (χ3v) is 5.92. The third-order valence-electron chi connectivity index (χ3n) is 4.91. The smallest absolute Gasteiger partial charge is 0.226 e. The molecule has 0 bridgehead atoms. The largest absolute Gasteiger partial charge is 0.310 e. The lowest BCUT2D eigenvalue weighted by Gasteiger charge is -2.24. The van der Waals surface area contributed by atoms with Gasteiger partial charge in [-0.2, -0.15) is 9.78 Å². The zero-order valence-electron chi connectivity index (χ0n) is 14.7. The van der Waals surface area contributed by atoms with Gasteiger partial charge in [0.05, 0.1) is 15.9 Å². The molecular weight excluding hydrogens is 382 g/mol. The molecule has 8 heteroatoms. The second-order valence-electron chi connectivity index (χ2n) is 6.70. The lowest BCUT2D eigenvalue weighted by atomic mass is 9.86. The van der Waals surface area contributed by atoms with Crippen molar-refractivity contribution in [1.82, 2.24) is 14.8 Å². The molecule has 1 atom stereocenters. The molecule has 1 unspecified atom stereocenters. The van der Waals surface area contributed by atoms with Crippen LogP contribution >= 0.6 is 11.3 Å². The number of carbonyl (C=O) groups excluding carboxylic acids is 1. The Balaban J connectivity index is 1.68. The SMILES string of the molecule is Cc1nn(-c2nc3ccccc3s2)c2c1C(c1ccc(F)c(F)c1)CC(=O)N2. The molecule has 0 saturated heterocycles. The lowest BCUT2D eigenvalue weighted by Crippen LogP contribution is -2.25. The minimum Gasteiger partial charge on any atom is -0.310 e. The molecule has 1 aliphatic rings. The van der Waals surface area contributed by atoms with Crippen molar-refractivity contribution in [3.05, 3.63) is 70.9 Å². The minimum absolute atomic E-state index is 0.143. The zero-order chi connectivity index (χ0) is 19.4. The lowest BCUT2D eigenvalue weighted by molar-refractivity contribution is -0.116. The summed E-state index contributed by atoms with van der Waals surface area (Å²) < 4.78 is 29.8. The topological polar surface area (TPSA) is 59.8 Å². The standard InChI is InChI=1S/C20H14F2N4OS/c1-10-18-12(11-6-7-13(21)14(22)8-11)9-17(27)24-19(18)26(25-10)20-23-15-4-2-3-5-16(15)28-20/h2-8,12H,9H2,1H3,(H,24,27). The molecule has 1 N–H and O–H groups in total. The van der Waals surface area contributed by atoms with E-state index in [0.717, 1.165) is 27.9 Å². The van der Waals surface area contributed by atoms with Crippen molar-refractivity contribution < 1.29 is 13.6 Å². The number of benzene rings is 2. The maximum Gasteiger partial charge on any atom is 0.226 e. The fraction of sp³-hybridized carbons (Fsp3) is 0.150. The number of fused-ring (bicyclic) bond motifs is 2. The van der Waals surface area contributed by atoms with Gasteiger partial charge in [0.25, 0.3) is 0 Å². The van der Waals surface area contributed by atoms with E-state index in [1.54, 1.807) is 4.68 Å². The molecule has 1 aliphatic heterocycles. The van der Waals surface area contributed by atoms with Gasteiger partial charge in [-0.15, -0.1) is 0 Å². The Labute approximate surface area is 162 Å². The molecule has 1 amide bonds. The Morgan fingerprint density at radius 3 is 2.79 bits per heavy atom. The van der Waals surface area contributed by atoms with Gasteiger partial charge in [0, 0.05) is 17.9 Å². The quantitative estimate of drug-likeness (QED) is 0.541. The Morgan fingerprint density at radius 2 is 2.00 bits per heavy atom. The average Bonchev–Trinajstić information content (AvgIpc) is 3.24. The van der Waals surface area contributed by atoms with E-state index in [1.165, 1.54) is 17.4 Å². The highest BCUT2D eigenvalue weighted by Gasteiger charge is 2.33.